The minimum atomic E-state index is -0.795. The zero-order valence-corrected chi connectivity index (χ0v) is 9.71. The van der Waals surface area contributed by atoms with Crippen LogP contribution in [0.15, 0.2) is 10.8 Å². The summed E-state index contributed by atoms with van der Waals surface area (Å²) in [6.45, 7) is 3.98. The van der Waals surface area contributed by atoms with Crippen LogP contribution in [0.2, 0.25) is 0 Å². The second-order valence-corrected chi connectivity index (χ2v) is 4.42. The number of rotatable bonds is 4. The van der Waals surface area contributed by atoms with E-state index >= 15 is 0 Å². The highest BCUT2D eigenvalue weighted by Gasteiger charge is 2.21. The predicted molar refractivity (Wildman–Crippen MR) is 56.1 cm³/mol. The number of carboxylic acids is 1. The fourth-order valence-electron chi connectivity index (χ4n) is 1.34. The highest BCUT2D eigenvalue weighted by Crippen LogP contribution is 2.26. The minimum Gasteiger partial charge on any atom is -0.481 e. The van der Waals surface area contributed by atoms with Crippen molar-refractivity contribution in [3.63, 3.8) is 0 Å². The Balaban J connectivity index is 2.82. The second-order valence-electron chi connectivity index (χ2n) is 3.56. The SMILES string of the molecule is CC(C)C(CC(=O)O)c1ncc(Br)[nH]1. The van der Waals surface area contributed by atoms with Crippen LogP contribution in [-0.2, 0) is 4.79 Å². The van der Waals surface area contributed by atoms with Gasteiger partial charge in [0.05, 0.1) is 12.6 Å². The summed E-state index contributed by atoms with van der Waals surface area (Å²) in [5.41, 5.74) is 0. The first-order valence-corrected chi connectivity index (χ1v) is 5.22. The van der Waals surface area contributed by atoms with Crippen LogP contribution in [0.1, 0.15) is 32.0 Å². The van der Waals surface area contributed by atoms with Gasteiger partial charge in [-0.2, -0.15) is 0 Å². The van der Waals surface area contributed by atoms with Gasteiger partial charge >= 0.3 is 5.97 Å². The molecule has 0 saturated heterocycles. The molecule has 0 amide bonds. The summed E-state index contributed by atoms with van der Waals surface area (Å²) >= 11 is 3.25. The van der Waals surface area contributed by atoms with Crippen LogP contribution in [0.4, 0.5) is 0 Å². The maximum absolute atomic E-state index is 10.6. The van der Waals surface area contributed by atoms with E-state index in [1.165, 1.54) is 0 Å². The number of imidazole rings is 1. The molecular weight excluding hydrogens is 248 g/mol. The molecule has 0 radical (unpaired) electrons. The minimum absolute atomic E-state index is 0.0567. The Bertz CT molecular complexity index is 322. The first kappa shape index (κ1) is 11.2. The van der Waals surface area contributed by atoms with Gasteiger partial charge in [-0.3, -0.25) is 4.79 Å². The molecule has 4 nitrogen and oxygen atoms in total. The van der Waals surface area contributed by atoms with E-state index in [1.807, 2.05) is 13.8 Å². The average molecular weight is 261 g/mol. The number of carbonyl (C=O) groups is 1. The van der Waals surface area contributed by atoms with Crippen molar-refractivity contribution in [2.24, 2.45) is 5.92 Å². The van der Waals surface area contributed by atoms with Gasteiger partial charge in [-0.25, -0.2) is 4.98 Å². The van der Waals surface area contributed by atoms with Crippen LogP contribution in [0.5, 0.6) is 0 Å². The van der Waals surface area contributed by atoms with Crippen molar-refractivity contribution in [2.75, 3.05) is 0 Å². The zero-order valence-electron chi connectivity index (χ0n) is 8.12. The first-order valence-electron chi connectivity index (χ1n) is 4.43. The topological polar surface area (TPSA) is 66.0 Å². The van der Waals surface area contributed by atoms with Crippen LogP contribution < -0.4 is 0 Å². The van der Waals surface area contributed by atoms with Crippen molar-refractivity contribution < 1.29 is 9.90 Å². The zero-order chi connectivity index (χ0) is 10.7. The highest BCUT2D eigenvalue weighted by atomic mass is 79.9. The molecular formula is C9H13BrN2O2. The normalized spacial score (nSPS) is 13.1. The lowest BCUT2D eigenvalue weighted by atomic mass is 9.92. The average Bonchev–Trinajstić information content (AvgIpc) is 2.46. The second kappa shape index (κ2) is 4.59. The van der Waals surface area contributed by atoms with Gasteiger partial charge in [-0.05, 0) is 21.8 Å². The maximum Gasteiger partial charge on any atom is 0.304 e. The molecule has 0 fully saturated rings. The van der Waals surface area contributed by atoms with Gasteiger partial charge in [0.15, 0.2) is 0 Å². The van der Waals surface area contributed by atoms with Gasteiger partial charge in [0.25, 0.3) is 0 Å². The quantitative estimate of drug-likeness (QED) is 0.874. The van der Waals surface area contributed by atoms with E-state index in [0.717, 1.165) is 10.4 Å². The number of halogens is 1. The summed E-state index contributed by atoms with van der Waals surface area (Å²) in [5.74, 6) is 0.133. The van der Waals surface area contributed by atoms with Crippen molar-refractivity contribution in [3.8, 4) is 0 Å². The fourth-order valence-corrected chi connectivity index (χ4v) is 1.64. The lowest BCUT2D eigenvalue weighted by Crippen LogP contribution is -2.13. The molecule has 1 heterocycles. The van der Waals surface area contributed by atoms with E-state index in [-0.39, 0.29) is 18.3 Å². The Kier molecular flexibility index (Phi) is 3.69. The van der Waals surface area contributed by atoms with E-state index in [0.29, 0.717) is 0 Å². The molecule has 0 spiro atoms. The van der Waals surface area contributed by atoms with E-state index in [9.17, 15) is 4.79 Å². The van der Waals surface area contributed by atoms with Crippen molar-refractivity contribution in [1.29, 1.82) is 0 Å². The molecule has 1 rings (SSSR count). The molecule has 1 unspecified atom stereocenters. The van der Waals surface area contributed by atoms with Crippen LogP contribution in [0, 0.1) is 5.92 Å². The number of aromatic nitrogens is 2. The summed E-state index contributed by atoms with van der Waals surface area (Å²) in [6.07, 6.45) is 1.75. The standard InChI is InChI=1S/C9H13BrN2O2/c1-5(2)6(3-8(13)14)9-11-4-7(10)12-9/h4-6H,3H2,1-2H3,(H,11,12)(H,13,14). The van der Waals surface area contributed by atoms with Crippen molar-refractivity contribution in [3.05, 3.63) is 16.6 Å². The summed E-state index contributed by atoms with van der Waals surface area (Å²) in [4.78, 5) is 17.8. The number of H-pyrrole nitrogens is 1. The number of nitrogens with one attached hydrogen (secondary N) is 1. The number of nitrogens with zero attached hydrogens (tertiary/aromatic N) is 1. The molecule has 0 aromatic carbocycles. The molecule has 0 aliphatic rings. The van der Waals surface area contributed by atoms with Gasteiger partial charge in [0.1, 0.15) is 10.4 Å². The smallest absolute Gasteiger partial charge is 0.304 e. The van der Waals surface area contributed by atoms with Crippen molar-refractivity contribution >= 4 is 21.9 Å². The lowest BCUT2D eigenvalue weighted by Gasteiger charge is -2.15. The summed E-state index contributed by atoms with van der Waals surface area (Å²) in [7, 11) is 0. The van der Waals surface area contributed by atoms with Crippen LogP contribution >= 0.6 is 15.9 Å². The van der Waals surface area contributed by atoms with Crippen molar-refractivity contribution in [1.82, 2.24) is 9.97 Å². The van der Waals surface area contributed by atoms with E-state index in [4.69, 9.17) is 5.11 Å². The molecule has 1 aromatic rings. The molecule has 0 bridgehead atoms. The number of hydrogen-bond acceptors (Lipinski definition) is 2. The third kappa shape index (κ3) is 2.83. The molecule has 14 heavy (non-hydrogen) atoms. The van der Waals surface area contributed by atoms with Crippen molar-refractivity contribution in [2.45, 2.75) is 26.2 Å². The number of aromatic amines is 1. The molecule has 1 atom stereocenters. The number of aliphatic carboxylic acids is 1. The molecule has 78 valence electrons. The summed E-state index contributed by atoms with van der Waals surface area (Å²) in [6, 6.07) is 0. The predicted octanol–water partition coefficient (Wildman–Crippen LogP) is 2.39. The molecule has 2 N–H and O–H groups in total. The molecule has 1 aromatic heterocycles. The Morgan fingerprint density at radius 3 is 2.71 bits per heavy atom. The fraction of sp³-hybridized carbons (Fsp3) is 0.556. The Morgan fingerprint density at radius 1 is 1.71 bits per heavy atom. The maximum atomic E-state index is 10.6. The Labute approximate surface area is 90.9 Å². The van der Waals surface area contributed by atoms with Gasteiger partial charge in [-0.1, -0.05) is 13.8 Å². The van der Waals surface area contributed by atoms with E-state index < -0.39 is 5.97 Å². The summed E-state index contributed by atoms with van der Waals surface area (Å²) < 4.78 is 0.781. The molecule has 0 aliphatic heterocycles. The van der Waals surface area contributed by atoms with Crippen LogP contribution in [0.25, 0.3) is 0 Å². The van der Waals surface area contributed by atoms with Gasteiger partial charge in [0.2, 0.25) is 0 Å². The molecule has 5 heteroatoms. The van der Waals surface area contributed by atoms with Gasteiger partial charge < -0.3 is 10.1 Å². The lowest BCUT2D eigenvalue weighted by molar-refractivity contribution is -0.137. The molecule has 0 aliphatic carbocycles. The third-order valence-corrected chi connectivity index (χ3v) is 2.52. The van der Waals surface area contributed by atoms with Crippen LogP contribution in [0.3, 0.4) is 0 Å². The number of hydrogen-bond donors (Lipinski definition) is 2. The largest absolute Gasteiger partial charge is 0.481 e. The Morgan fingerprint density at radius 2 is 2.36 bits per heavy atom. The Hall–Kier alpha value is -0.840. The highest BCUT2D eigenvalue weighted by molar-refractivity contribution is 9.10. The first-order chi connectivity index (χ1) is 6.50. The summed E-state index contributed by atoms with van der Waals surface area (Å²) in [5, 5.41) is 8.75. The van der Waals surface area contributed by atoms with Gasteiger partial charge in [0, 0.05) is 5.92 Å². The molecule has 0 saturated carbocycles. The van der Waals surface area contributed by atoms with Crippen LogP contribution in [-0.4, -0.2) is 21.0 Å². The monoisotopic (exact) mass is 260 g/mol. The van der Waals surface area contributed by atoms with Gasteiger partial charge in [-0.15, -0.1) is 0 Å². The number of carboxylic acid groups (broad SMARTS) is 1. The van der Waals surface area contributed by atoms with E-state index in [2.05, 4.69) is 25.9 Å². The van der Waals surface area contributed by atoms with E-state index in [1.54, 1.807) is 6.20 Å². The third-order valence-electron chi connectivity index (χ3n) is 2.11.